The number of halogens is 1. The SMILES string of the molecule is CC(OC1=CCCC(I)C1)OC1CCCCC1. The topological polar surface area (TPSA) is 18.5 Å². The highest BCUT2D eigenvalue weighted by atomic mass is 127. The molecule has 0 N–H and O–H groups in total. The van der Waals surface area contributed by atoms with Crippen molar-refractivity contribution in [1.82, 2.24) is 0 Å². The lowest BCUT2D eigenvalue weighted by Crippen LogP contribution is -2.25. The molecule has 2 nitrogen and oxygen atoms in total. The van der Waals surface area contributed by atoms with Crippen molar-refractivity contribution in [2.45, 2.75) is 74.6 Å². The molecule has 2 aliphatic rings. The van der Waals surface area contributed by atoms with Gasteiger partial charge in [-0.2, -0.15) is 0 Å². The molecule has 0 aliphatic heterocycles. The summed E-state index contributed by atoms with van der Waals surface area (Å²) in [6, 6.07) is 0. The lowest BCUT2D eigenvalue weighted by molar-refractivity contribution is -0.147. The van der Waals surface area contributed by atoms with Crippen LogP contribution in [0.3, 0.4) is 0 Å². The molecule has 2 atom stereocenters. The van der Waals surface area contributed by atoms with Gasteiger partial charge in [-0.1, -0.05) is 41.9 Å². The Hall–Kier alpha value is 0.230. The van der Waals surface area contributed by atoms with Crippen LogP contribution >= 0.6 is 22.6 Å². The molecule has 0 bridgehead atoms. The van der Waals surface area contributed by atoms with Crippen molar-refractivity contribution in [2.24, 2.45) is 0 Å². The highest BCUT2D eigenvalue weighted by Gasteiger charge is 2.20. The summed E-state index contributed by atoms with van der Waals surface area (Å²) in [6.07, 6.45) is 12.5. The van der Waals surface area contributed by atoms with Gasteiger partial charge in [0.15, 0.2) is 6.29 Å². The van der Waals surface area contributed by atoms with Crippen molar-refractivity contribution in [3.8, 4) is 0 Å². The fourth-order valence-electron chi connectivity index (χ4n) is 2.64. The Labute approximate surface area is 118 Å². The first kappa shape index (κ1) is 13.7. The molecule has 2 aliphatic carbocycles. The summed E-state index contributed by atoms with van der Waals surface area (Å²) in [4.78, 5) is 0. The van der Waals surface area contributed by atoms with Gasteiger partial charge in [-0.3, -0.25) is 0 Å². The van der Waals surface area contributed by atoms with Gasteiger partial charge in [-0.15, -0.1) is 0 Å². The molecule has 0 amide bonds. The molecule has 98 valence electrons. The van der Waals surface area contributed by atoms with Crippen LogP contribution in [-0.2, 0) is 9.47 Å². The van der Waals surface area contributed by atoms with Gasteiger partial charge in [-0.25, -0.2) is 0 Å². The maximum atomic E-state index is 5.96. The molecule has 0 saturated heterocycles. The molecule has 0 aromatic carbocycles. The normalized spacial score (nSPS) is 28.6. The van der Waals surface area contributed by atoms with Gasteiger partial charge < -0.3 is 9.47 Å². The Balaban J connectivity index is 1.72. The van der Waals surface area contributed by atoms with Crippen molar-refractivity contribution >= 4 is 22.6 Å². The highest BCUT2D eigenvalue weighted by Crippen LogP contribution is 2.27. The van der Waals surface area contributed by atoms with E-state index in [4.69, 9.17) is 9.47 Å². The molecule has 2 rings (SSSR count). The Morgan fingerprint density at radius 3 is 2.71 bits per heavy atom. The first-order valence-electron chi connectivity index (χ1n) is 6.89. The monoisotopic (exact) mass is 350 g/mol. The van der Waals surface area contributed by atoms with Crippen molar-refractivity contribution in [2.75, 3.05) is 0 Å². The van der Waals surface area contributed by atoms with E-state index in [1.165, 1.54) is 38.5 Å². The second-order valence-electron chi connectivity index (χ2n) is 5.13. The van der Waals surface area contributed by atoms with E-state index in [0.717, 1.165) is 22.5 Å². The molecule has 0 aromatic heterocycles. The van der Waals surface area contributed by atoms with Gasteiger partial charge in [0.1, 0.15) is 0 Å². The Morgan fingerprint density at radius 2 is 2.00 bits per heavy atom. The van der Waals surface area contributed by atoms with Crippen LogP contribution < -0.4 is 0 Å². The van der Waals surface area contributed by atoms with Crippen molar-refractivity contribution in [3.63, 3.8) is 0 Å². The van der Waals surface area contributed by atoms with Gasteiger partial charge in [0.05, 0.1) is 11.9 Å². The van der Waals surface area contributed by atoms with E-state index < -0.39 is 0 Å². The van der Waals surface area contributed by atoms with E-state index in [2.05, 4.69) is 28.7 Å². The lowest BCUT2D eigenvalue weighted by Gasteiger charge is -2.28. The number of ether oxygens (including phenoxy) is 2. The zero-order valence-electron chi connectivity index (χ0n) is 10.7. The Morgan fingerprint density at radius 1 is 1.24 bits per heavy atom. The number of hydrogen-bond acceptors (Lipinski definition) is 2. The molecule has 1 saturated carbocycles. The smallest absolute Gasteiger partial charge is 0.196 e. The second kappa shape index (κ2) is 6.98. The number of alkyl halides is 1. The van der Waals surface area contributed by atoms with Crippen molar-refractivity contribution in [3.05, 3.63) is 11.8 Å². The fourth-order valence-corrected chi connectivity index (χ4v) is 3.43. The van der Waals surface area contributed by atoms with E-state index in [9.17, 15) is 0 Å². The minimum atomic E-state index is -0.0777. The summed E-state index contributed by atoms with van der Waals surface area (Å²) in [7, 11) is 0. The molecule has 17 heavy (non-hydrogen) atoms. The molecule has 0 heterocycles. The molecule has 3 heteroatoms. The molecular weight excluding hydrogens is 327 g/mol. The van der Waals surface area contributed by atoms with Crippen LogP contribution in [0.25, 0.3) is 0 Å². The lowest BCUT2D eigenvalue weighted by atomic mass is 9.98. The van der Waals surface area contributed by atoms with E-state index in [0.29, 0.717) is 6.10 Å². The van der Waals surface area contributed by atoms with Crippen LogP contribution in [-0.4, -0.2) is 16.3 Å². The third-order valence-electron chi connectivity index (χ3n) is 3.53. The summed E-state index contributed by atoms with van der Waals surface area (Å²) in [5, 5.41) is 0. The first-order valence-corrected chi connectivity index (χ1v) is 8.14. The van der Waals surface area contributed by atoms with Gasteiger partial charge in [0.25, 0.3) is 0 Å². The minimum Gasteiger partial charge on any atom is -0.470 e. The Kier molecular flexibility index (Phi) is 5.60. The van der Waals surface area contributed by atoms with Crippen LogP contribution in [0.1, 0.15) is 58.3 Å². The van der Waals surface area contributed by atoms with Gasteiger partial charge >= 0.3 is 0 Å². The zero-order chi connectivity index (χ0) is 12.1. The van der Waals surface area contributed by atoms with Crippen molar-refractivity contribution in [1.29, 1.82) is 0 Å². The second-order valence-corrected chi connectivity index (χ2v) is 6.89. The first-order chi connectivity index (χ1) is 8.24. The molecular formula is C14H23IO2. The van der Waals surface area contributed by atoms with Crippen LogP contribution in [0.4, 0.5) is 0 Å². The summed E-state index contributed by atoms with van der Waals surface area (Å²) < 4.78 is 12.6. The molecule has 1 fully saturated rings. The molecule has 0 aromatic rings. The van der Waals surface area contributed by atoms with Crippen LogP contribution in [0.5, 0.6) is 0 Å². The molecule has 0 radical (unpaired) electrons. The Bertz CT molecular complexity index is 259. The highest BCUT2D eigenvalue weighted by molar-refractivity contribution is 14.1. The molecule has 2 unspecified atom stereocenters. The number of rotatable bonds is 4. The standard InChI is InChI=1S/C14H23IO2/c1-11(16-13-7-3-2-4-8-13)17-14-9-5-6-12(15)10-14/h9,11-13H,2-8,10H2,1H3. The van der Waals surface area contributed by atoms with Gasteiger partial charge in [-0.05, 0) is 38.7 Å². The summed E-state index contributed by atoms with van der Waals surface area (Å²) >= 11 is 2.51. The van der Waals surface area contributed by atoms with Crippen LogP contribution in [0.15, 0.2) is 11.8 Å². The predicted octanol–water partition coefficient (Wildman–Crippen LogP) is 4.57. The number of allylic oxidation sites excluding steroid dienone is 2. The van der Waals surface area contributed by atoms with Crippen molar-refractivity contribution < 1.29 is 9.47 Å². The molecule has 0 spiro atoms. The van der Waals surface area contributed by atoms with Gasteiger partial charge in [0, 0.05) is 10.3 Å². The third kappa shape index (κ3) is 4.78. The summed E-state index contributed by atoms with van der Waals surface area (Å²) in [5.74, 6) is 1.14. The van der Waals surface area contributed by atoms with E-state index >= 15 is 0 Å². The van der Waals surface area contributed by atoms with Crippen LogP contribution in [0, 0.1) is 0 Å². The van der Waals surface area contributed by atoms with Gasteiger partial charge in [0.2, 0.25) is 0 Å². The quantitative estimate of drug-likeness (QED) is 0.420. The fraction of sp³-hybridized carbons (Fsp3) is 0.857. The largest absolute Gasteiger partial charge is 0.470 e. The van der Waals surface area contributed by atoms with E-state index in [1.54, 1.807) is 0 Å². The predicted molar refractivity (Wildman–Crippen MR) is 78.2 cm³/mol. The van der Waals surface area contributed by atoms with E-state index in [1.807, 2.05) is 6.92 Å². The average Bonchev–Trinajstić information content (AvgIpc) is 2.30. The number of hydrogen-bond donors (Lipinski definition) is 0. The minimum absolute atomic E-state index is 0.0777. The van der Waals surface area contributed by atoms with E-state index in [-0.39, 0.29) is 6.29 Å². The zero-order valence-corrected chi connectivity index (χ0v) is 12.8. The maximum Gasteiger partial charge on any atom is 0.196 e. The van der Waals surface area contributed by atoms with Crippen LogP contribution in [0.2, 0.25) is 0 Å². The average molecular weight is 350 g/mol. The maximum absolute atomic E-state index is 5.96. The third-order valence-corrected chi connectivity index (χ3v) is 4.59. The summed E-state index contributed by atoms with van der Waals surface area (Å²) in [6.45, 7) is 2.03. The summed E-state index contributed by atoms with van der Waals surface area (Å²) in [5.41, 5.74) is 0.